The van der Waals surface area contributed by atoms with Crippen LogP contribution in [0.2, 0.25) is 0 Å². The summed E-state index contributed by atoms with van der Waals surface area (Å²) in [4.78, 5) is 0. The Morgan fingerprint density at radius 1 is 1.17 bits per heavy atom. The summed E-state index contributed by atoms with van der Waals surface area (Å²) in [6, 6.07) is 3.91. The van der Waals surface area contributed by atoms with Crippen LogP contribution in [0.15, 0.2) is 12.1 Å². The van der Waals surface area contributed by atoms with Gasteiger partial charge in [0.2, 0.25) is 0 Å². The molecule has 0 heterocycles. The second kappa shape index (κ2) is 5.72. The number of hydrogen-bond acceptors (Lipinski definition) is 3. The van der Waals surface area contributed by atoms with E-state index in [1.807, 2.05) is 46.8 Å². The summed E-state index contributed by atoms with van der Waals surface area (Å²) in [5, 5.41) is 10.2. The number of methoxy groups -OCH3 is 1. The van der Waals surface area contributed by atoms with Gasteiger partial charge in [-0.15, -0.1) is 0 Å². The first-order valence-electron chi connectivity index (χ1n) is 6.21. The van der Waals surface area contributed by atoms with E-state index in [-0.39, 0.29) is 5.60 Å². The highest BCUT2D eigenvalue weighted by molar-refractivity contribution is 5.42. The van der Waals surface area contributed by atoms with Crippen molar-refractivity contribution < 1.29 is 14.6 Å². The van der Waals surface area contributed by atoms with Gasteiger partial charge in [0.15, 0.2) is 0 Å². The maximum atomic E-state index is 10.2. The molecule has 3 heteroatoms. The van der Waals surface area contributed by atoms with Crippen LogP contribution < -0.4 is 4.74 Å². The van der Waals surface area contributed by atoms with Gasteiger partial charge in [-0.1, -0.05) is 0 Å². The first kappa shape index (κ1) is 15.0. The third-order valence-electron chi connectivity index (χ3n) is 2.82. The highest BCUT2D eigenvalue weighted by Crippen LogP contribution is 2.27. The van der Waals surface area contributed by atoms with E-state index in [1.165, 1.54) is 0 Å². The Morgan fingerprint density at radius 3 is 2.28 bits per heavy atom. The van der Waals surface area contributed by atoms with Crippen LogP contribution in [0.4, 0.5) is 0 Å². The van der Waals surface area contributed by atoms with E-state index < -0.39 is 6.10 Å². The monoisotopic (exact) mass is 252 g/mol. The van der Waals surface area contributed by atoms with Crippen molar-refractivity contribution in [2.75, 3.05) is 13.7 Å². The SMILES string of the molecule is COc1cc(C)c(C(O)COC(C)(C)C)cc1C. The molecule has 0 radical (unpaired) electrons. The van der Waals surface area contributed by atoms with Gasteiger partial charge < -0.3 is 14.6 Å². The summed E-state index contributed by atoms with van der Waals surface area (Å²) in [5.41, 5.74) is 2.70. The molecule has 0 aliphatic carbocycles. The average molecular weight is 252 g/mol. The lowest BCUT2D eigenvalue weighted by Gasteiger charge is -2.23. The Bertz CT molecular complexity index is 405. The van der Waals surface area contributed by atoms with Crippen molar-refractivity contribution in [3.8, 4) is 5.75 Å². The van der Waals surface area contributed by atoms with E-state index in [0.29, 0.717) is 6.61 Å². The Balaban J connectivity index is 2.86. The molecule has 3 nitrogen and oxygen atoms in total. The van der Waals surface area contributed by atoms with Gasteiger partial charge in [0, 0.05) is 0 Å². The molecule has 1 aromatic rings. The summed E-state index contributed by atoms with van der Waals surface area (Å²) in [7, 11) is 1.65. The molecule has 0 saturated heterocycles. The zero-order valence-electron chi connectivity index (χ0n) is 12.2. The van der Waals surface area contributed by atoms with Crippen LogP contribution in [0.25, 0.3) is 0 Å². The van der Waals surface area contributed by atoms with Crippen molar-refractivity contribution in [2.24, 2.45) is 0 Å². The van der Waals surface area contributed by atoms with Gasteiger partial charge >= 0.3 is 0 Å². The average Bonchev–Trinajstić information content (AvgIpc) is 2.27. The molecule has 1 atom stereocenters. The minimum atomic E-state index is -0.603. The number of benzene rings is 1. The number of rotatable bonds is 4. The van der Waals surface area contributed by atoms with Gasteiger partial charge in [-0.25, -0.2) is 0 Å². The van der Waals surface area contributed by atoms with Crippen molar-refractivity contribution in [1.29, 1.82) is 0 Å². The lowest BCUT2D eigenvalue weighted by Crippen LogP contribution is -2.23. The fourth-order valence-corrected chi connectivity index (χ4v) is 1.81. The van der Waals surface area contributed by atoms with Gasteiger partial charge in [0.25, 0.3) is 0 Å². The summed E-state index contributed by atoms with van der Waals surface area (Å²) in [6.45, 7) is 10.2. The lowest BCUT2D eigenvalue weighted by molar-refractivity contribution is -0.0497. The highest BCUT2D eigenvalue weighted by Gasteiger charge is 2.17. The summed E-state index contributed by atoms with van der Waals surface area (Å²) in [6.07, 6.45) is -0.603. The van der Waals surface area contributed by atoms with E-state index in [0.717, 1.165) is 22.4 Å². The largest absolute Gasteiger partial charge is 0.496 e. The molecule has 0 fully saturated rings. The van der Waals surface area contributed by atoms with Crippen LogP contribution in [0.5, 0.6) is 5.75 Å². The molecule has 102 valence electrons. The molecular weight excluding hydrogens is 228 g/mol. The van der Waals surface area contributed by atoms with E-state index in [9.17, 15) is 5.11 Å². The first-order chi connectivity index (χ1) is 8.24. The number of ether oxygens (including phenoxy) is 2. The van der Waals surface area contributed by atoms with Crippen molar-refractivity contribution in [1.82, 2.24) is 0 Å². The van der Waals surface area contributed by atoms with Crippen molar-refractivity contribution in [3.05, 3.63) is 28.8 Å². The summed E-state index contributed by atoms with van der Waals surface area (Å²) >= 11 is 0. The summed E-state index contributed by atoms with van der Waals surface area (Å²) in [5.74, 6) is 0.847. The predicted molar refractivity (Wildman–Crippen MR) is 73.1 cm³/mol. The molecule has 1 N–H and O–H groups in total. The normalized spacial score (nSPS) is 13.5. The molecule has 0 aromatic heterocycles. The third kappa shape index (κ3) is 4.00. The van der Waals surface area contributed by atoms with Gasteiger partial charge in [0.05, 0.1) is 19.3 Å². The Labute approximate surface area is 110 Å². The molecule has 18 heavy (non-hydrogen) atoms. The maximum Gasteiger partial charge on any atom is 0.122 e. The fraction of sp³-hybridized carbons (Fsp3) is 0.600. The Kier molecular flexibility index (Phi) is 4.77. The van der Waals surface area contributed by atoms with Crippen LogP contribution in [0.3, 0.4) is 0 Å². The number of hydrogen-bond donors (Lipinski definition) is 1. The molecule has 0 aliphatic rings. The van der Waals surface area contributed by atoms with Crippen LogP contribution >= 0.6 is 0 Å². The minimum absolute atomic E-state index is 0.240. The third-order valence-corrected chi connectivity index (χ3v) is 2.82. The van der Waals surface area contributed by atoms with Crippen LogP contribution in [-0.4, -0.2) is 24.4 Å². The molecule has 0 aliphatic heterocycles. The van der Waals surface area contributed by atoms with Crippen molar-refractivity contribution >= 4 is 0 Å². The highest BCUT2D eigenvalue weighted by atomic mass is 16.5. The van der Waals surface area contributed by atoms with Crippen molar-refractivity contribution in [3.63, 3.8) is 0 Å². The van der Waals surface area contributed by atoms with Gasteiger partial charge in [-0.05, 0) is 63.4 Å². The van der Waals surface area contributed by atoms with Crippen LogP contribution in [0.1, 0.15) is 43.6 Å². The molecule has 0 bridgehead atoms. The fourth-order valence-electron chi connectivity index (χ4n) is 1.81. The smallest absolute Gasteiger partial charge is 0.122 e. The second-order valence-electron chi connectivity index (χ2n) is 5.62. The standard InChI is InChI=1S/C15H24O3/c1-10-8-14(17-6)11(2)7-12(10)13(16)9-18-15(3,4)5/h7-8,13,16H,9H2,1-6H3. The Morgan fingerprint density at radius 2 is 1.78 bits per heavy atom. The van der Waals surface area contributed by atoms with E-state index in [1.54, 1.807) is 7.11 Å². The van der Waals surface area contributed by atoms with Gasteiger partial charge in [-0.2, -0.15) is 0 Å². The molecular formula is C15H24O3. The topological polar surface area (TPSA) is 38.7 Å². The Hall–Kier alpha value is -1.06. The maximum absolute atomic E-state index is 10.2. The molecule has 1 aromatic carbocycles. The van der Waals surface area contributed by atoms with Crippen LogP contribution in [0, 0.1) is 13.8 Å². The second-order valence-corrected chi connectivity index (χ2v) is 5.62. The number of aryl methyl sites for hydroxylation is 2. The van der Waals surface area contributed by atoms with Crippen molar-refractivity contribution in [2.45, 2.75) is 46.3 Å². The molecule has 1 unspecified atom stereocenters. The molecule has 1 rings (SSSR count). The van der Waals surface area contributed by atoms with Gasteiger partial charge in [0.1, 0.15) is 11.9 Å². The quantitative estimate of drug-likeness (QED) is 0.894. The lowest BCUT2D eigenvalue weighted by atomic mass is 10.00. The summed E-state index contributed by atoms with van der Waals surface area (Å²) < 4.78 is 10.9. The van der Waals surface area contributed by atoms with Gasteiger partial charge in [-0.3, -0.25) is 0 Å². The number of aliphatic hydroxyl groups excluding tert-OH is 1. The van der Waals surface area contributed by atoms with E-state index in [2.05, 4.69) is 0 Å². The number of aliphatic hydroxyl groups is 1. The molecule has 0 saturated carbocycles. The zero-order valence-corrected chi connectivity index (χ0v) is 12.2. The zero-order chi connectivity index (χ0) is 13.9. The molecule has 0 amide bonds. The minimum Gasteiger partial charge on any atom is -0.496 e. The van der Waals surface area contributed by atoms with E-state index >= 15 is 0 Å². The van der Waals surface area contributed by atoms with E-state index in [4.69, 9.17) is 9.47 Å². The predicted octanol–water partition coefficient (Wildman–Crippen LogP) is 3.16. The van der Waals surface area contributed by atoms with Crippen LogP contribution in [-0.2, 0) is 4.74 Å². The first-order valence-corrected chi connectivity index (χ1v) is 6.21. The molecule has 0 spiro atoms.